The van der Waals surface area contributed by atoms with E-state index in [4.69, 9.17) is 0 Å². The van der Waals surface area contributed by atoms with Gasteiger partial charge in [0.1, 0.15) is 0 Å². The van der Waals surface area contributed by atoms with Crippen molar-refractivity contribution in [1.29, 1.82) is 0 Å². The summed E-state index contributed by atoms with van der Waals surface area (Å²) in [6, 6.07) is 0.572. The molecule has 0 saturated carbocycles. The Morgan fingerprint density at radius 1 is 1.05 bits per heavy atom. The van der Waals surface area contributed by atoms with Crippen molar-refractivity contribution in [1.82, 2.24) is 15.5 Å². The molecule has 0 aromatic carbocycles. The molecule has 1 atom stereocenters. The third kappa shape index (κ3) is 7.71. The van der Waals surface area contributed by atoms with Gasteiger partial charge in [-0.3, -0.25) is 4.90 Å². The zero-order valence-electron chi connectivity index (χ0n) is 12.8. The second-order valence-electron chi connectivity index (χ2n) is 5.54. The lowest BCUT2D eigenvalue weighted by molar-refractivity contribution is 0.212. The maximum atomic E-state index is 4.05. The van der Waals surface area contributed by atoms with Gasteiger partial charge in [0.05, 0.1) is 0 Å². The van der Waals surface area contributed by atoms with E-state index in [1.54, 1.807) is 0 Å². The Labute approximate surface area is 119 Å². The molecule has 1 heterocycles. The van der Waals surface area contributed by atoms with Crippen molar-refractivity contribution < 1.29 is 0 Å². The Morgan fingerprint density at radius 2 is 1.84 bits per heavy atom. The van der Waals surface area contributed by atoms with Crippen LogP contribution >= 0.6 is 0 Å². The summed E-state index contributed by atoms with van der Waals surface area (Å²) < 4.78 is 0. The summed E-state index contributed by atoms with van der Waals surface area (Å²) in [5.74, 6) is 0. The molecule has 1 aliphatic rings. The van der Waals surface area contributed by atoms with Crippen molar-refractivity contribution in [3.8, 4) is 0 Å². The van der Waals surface area contributed by atoms with Crippen molar-refractivity contribution in [2.75, 3.05) is 39.3 Å². The van der Waals surface area contributed by atoms with Gasteiger partial charge in [-0.15, -0.1) is 6.58 Å². The molecule has 0 amide bonds. The molecule has 1 unspecified atom stereocenters. The van der Waals surface area contributed by atoms with Crippen LogP contribution in [0.4, 0.5) is 0 Å². The minimum atomic E-state index is 0.572. The van der Waals surface area contributed by atoms with Crippen molar-refractivity contribution in [3.63, 3.8) is 0 Å². The molecule has 0 bridgehead atoms. The Bertz CT molecular complexity index is 206. The first-order valence-electron chi connectivity index (χ1n) is 8.16. The predicted octanol–water partition coefficient (Wildman–Crippen LogP) is 2.40. The summed E-state index contributed by atoms with van der Waals surface area (Å²) in [6.45, 7) is 13.1. The first-order valence-corrected chi connectivity index (χ1v) is 8.16. The van der Waals surface area contributed by atoms with E-state index in [0.717, 1.165) is 26.2 Å². The summed E-state index contributed by atoms with van der Waals surface area (Å²) >= 11 is 0. The molecular weight excluding hydrogens is 234 g/mol. The van der Waals surface area contributed by atoms with Crippen LogP contribution < -0.4 is 10.6 Å². The molecule has 1 saturated heterocycles. The lowest BCUT2D eigenvalue weighted by Crippen LogP contribution is -2.41. The maximum absolute atomic E-state index is 4.05. The fourth-order valence-electron chi connectivity index (χ4n) is 2.70. The molecule has 112 valence electrons. The number of nitrogens with zero attached hydrogens (tertiary/aromatic N) is 1. The third-order valence-electron chi connectivity index (χ3n) is 3.95. The van der Waals surface area contributed by atoms with Crippen molar-refractivity contribution in [2.45, 2.75) is 51.5 Å². The Hall–Kier alpha value is -0.380. The van der Waals surface area contributed by atoms with Crippen molar-refractivity contribution >= 4 is 0 Å². The average Bonchev–Trinajstić information content (AvgIpc) is 2.41. The maximum Gasteiger partial charge on any atom is 0.0276 e. The minimum Gasteiger partial charge on any atom is -0.315 e. The van der Waals surface area contributed by atoms with Gasteiger partial charge in [0.25, 0.3) is 0 Å². The molecule has 1 rings (SSSR count). The van der Waals surface area contributed by atoms with Crippen LogP contribution in [0.1, 0.15) is 45.4 Å². The van der Waals surface area contributed by atoms with Gasteiger partial charge in [-0.05, 0) is 32.4 Å². The Balaban J connectivity index is 2.41. The van der Waals surface area contributed by atoms with Gasteiger partial charge < -0.3 is 10.6 Å². The molecule has 2 N–H and O–H groups in total. The molecule has 0 aromatic rings. The van der Waals surface area contributed by atoms with E-state index < -0.39 is 0 Å². The number of rotatable bonds is 5. The predicted molar refractivity (Wildman–Crippen MR) is 84.7 cm³/mol. The number of unbranched alkanes of at least 4 members (excludes halogenated alkanes) is 1. The number of hydrogen-bond acceptors (Lipinski definition) is 3. The second kappa shape index (κ2) is 11.4. The van der Waals surface area contributed by atoms with Gasteiger partial charge in [-0.25, -0.2) is 0 Å². The fourth-order valence-corrected chi connectivity index (χ4v) is 2.70. The highest BCUT2D eigenvalue weighted by Crippen LogP contribution is 2.11. The van der Waals surface area contributed by atoms with Crippen molar-refractivity contribution in [3.05, 3.63) is 12.7 Å². The van der Waals surface area contributed by atoms with Gasteiger partial charge in [-0.1, -0.05) is 32.3 Å². The highest BCUT2D eigenvalue weighted by Gasteiger charge is 2.14. The van der Waals surface area contributed by atoms with E-state index in [1.807, 2.05) is 0 Å². The zero-order valence-corrected chi connectivity index (χ0v) is 12.8. The van der Waals surface area contributed by atoms with Crippen LogP contribution in [-0.2, 0) is 0 Å². The number of hydrogen-bond donors (Lipinski definition) is 2. The molecule has 19 heavy (non-hydrogen) atoms. The molecule has 3 nitrogen and oxygen atoms in total. The van der Waals surface area contributed by atoms with E-state index >= 15 is 0 Å². The van der Waals surface area contributed by atoms with E-state index in [1.165, 1.54) is 51.6 Å². The number of nitrogens with one attached hydrogen (secondary N) is 2. The van der Waals surface area contributed by atoms with Crippen LogP contribution in [0.15, 0.2) is 12.7 Å². The second-order valence-corrected chi connectivity index (χ2v) is 5.54. The third-order valence-corrected chi connectivity index (χ3v) is 3.95. The van der Waals surface area contributed by atoms with Gasteiger partial charge in [0.15, 0.2) is 0 Å². The largest absolute Gasteiger partial charge is 0.315 e. The summed E-state index contributed by atoms with van der Waals surface area (Å²) in [4.78, 5) is 2.63. The first-order chi connectivity index (χ1) is 9.38. The normalized spacial score (nSPS) is 22.2. The lowest BCUT2D eigenvalue weighted by Gasteiger charge is -2.30. The molecule has 0 aromatic heterocycles. The molecule has 0 radical (unpaired) electrons. The molecule has 1 aliphatic heterocycles. The topological polar surface area (TPSA) is 27.3 Å². The quantitative estimate of drug-likeness (QED) is 0.749. The van der Waals surface area contributed by atoms with Crippen molar-refractivity contribution in [2.24, 2.45) is 0 Å². The van der Waals surface area contributed by atoms with Crippen LogP contribution in [0.5, 0.6) is 0 Å². The van der Waals surface area contributed by atoms with E-state index in [0.29, 0.717) is 6.04 Å². The highest BCUT2D eigenvalue weighted by molar-refractivity contribution is 4.88. The van der Waals surface area contributed by atoms with Crippen LogP contribution in [-0.4, -0.2) is 50.2 Å². The molecule has 0 aliphatic carbocycles. The molecular formula is C16H33N3. The first kappa shape index (κ1) is 16.7. The molecule has 0 spiro atoms. The standard InChI is InChI=1S/C16H33N3/c1-3-5-9-16(4-2)19-14-8-6-7-10-17-11-12-18-13-15-19/h4,16-18H,2-3,5-15H2,1H3. The van der Waals surface area contributed by atoms with Gasteiger partial charge in [0.2, 0.25) is 0 Å². The Kier molecular flexibility index (Phi) is 10.0. The summed E-state index contributed by atoms with van der Waals surface area (Å²) in [5, 5.41) is 7.01. The van der Waals surface area contributed by atoms with Crippen LogP contribution in [0, 0.1) is 0 Å². The van der Waals surface area contributed by atoms with Crippen LogP contribution in [0.2, 0.25) is 0 Å². The van der Waals surface area contributed by atoms with Gasteiger partial charge >= 0.3 is 0 Å². The highest BCUT2D eigenvalue weighted by atomic mass is 15.2. The van der Waals surface area contributed by atoms with E-state index in [2.05, 4.69) is 35.1 Å². The Morgan fingerprint density at radius 3 is 2.58 bits per heavy atom. The summed E-state index contributed by atoms with van der Waals surface area (Å²) in [5.41, 5.74) is 0. The van der Waals surface area contributed by atoms with E-state index in [-0.39, 0.29) is 0 Å². The lowest BCUT2D eigenvalue weighted by atomic mass is 10.1. The average molecular weight is 267 g/mol. The summed E-state index contributed by atoms with van der Waals surface area (Å²) in [6.07, 6.45) is 9.98. The van der Waals surface area contributed by atoms with Crippen LogP contribution in [0.3, 0.4) is 0 Å². The van der Waals surface area contributed by atoms with Gasteiger partial charge in [0, 0.05) is 32.2 Å². The minimum absolute atomic E-state index is 0.572. The summed E-state index contributed by atoms with van der Waals surface area (Å²) in [7, 11) is 0. The van der Waals surface area contributed by atoms with E-state index in [9.17, 15) is 0 Å². The van der Waals surface area contributed by atoms with Crippen LogP contribution in [0.25, 0.3) is 0 Å². The fraction of sp³-hybridized carbons (Fsp3) is 0.875. The van der Waals surface area contributed by atoms with Gasteiger partial charge in [-0.2, -0.15) is 0 Å². The smallest absolute Gasteiger partial charge is 0.0276 e. The SMILES string of the molecule is C=CC(CCCC)N1CCCCCNCCNCC1. The zero-order chi connectivity index (χ0) is 13.8. The molecule has 3 heteroatoms. The molecule has 1 fully saturated rings. The monoisotopic (exact) mass is 267 g/mol.